The minimum absolute atomic E-state index is 0.0241. The van der Waals surface area contributed by atoms with Crippen LogP contribution < -0.4 is 5.32 Å². The van der Waals surface area contributed by atoms with Gasteiger partial charge < -0.3 is 10.2 Å². The van der Waals surface area contributed by atoms with Crippen molar-refractivity contribution in [3.05, 3.63) is 22.4 Å². The Labute approximate surface area is 124 Å². The maximum Gasteiger partial charge on any atom is 0.245 e. The Morgan fingerprint density at radius 2 is 2.15 bits per heavy atom. The molecule has 1 N–H and O–H groups in total. The summed E-state index contributed by atoms with van der Waals surface area (Å²) < 4.78 is 0. The molecule has 2 atom stereocenters. The molecule has 5 heteroatoms. The number of rotatable bonds is 4. The molecule has 4 nitrogen and oxygen atoms in total. The van der Waals surface area contributed by atoms with E-state index in [0.717, 1.165) is 5.56 Å². The number of nitrogens with one attached hydrogen (secondary N) is 1. The van der Waals surface area contributed by atoms with E-state index in [-0.39, 0.29) is 23.9 Å². The molecular weight excluding hydrogens is 272 g/mol. The van der Waals surface area contributed by atoms with Crippen LogP contribution in [0.25, 0.3) is 0 Å². The number of thiophene rings is 1. The van der Waals surface area contributed by atoms with Crippen molar-refractivity contribution in [3.8, 4) is 0 Å². The van der Waals surface area contributed by atoms with E-state index in [1.165, 1.54) is 0 Å². The summed E-state index contributed by atoms with van der Waals surface area (Å²) in [5.41, 5.74) is 1.14. The van der Waals surface area contributed by atoms with Gasteiger partial charge in [0.15, 0.2) is 0 Å². The number of nitrogens with zero attached hydrogens (tertiary/aromatic N) is 1. The van der Waals surface area contributed by atoms with Gasteiger partial charge in [-0.2, -0.15) is 11.3 Å². The third-order valence-electron chi connectivity index (χ3n) is 3.70. The fourth-order valence-corrected chi connectivity index (χ4v) is 3.32. The lowest BCUT2D eigenvalue weighted by Crippen LogP contribution is -2.46. The van der Waals surface area contributed by atoms with Crippen LogP contribution in [-0.2, 0) is 9.59 Å². The number of carbonyl (C=O) groups is 2. The van der Waals surface area contributed by atoms with Crippen LogP contribution in [0.5, 0.6) is 0 Å². The van der Waals surface area contributed by atoms with Gasteiger partial charge in [0.2, 0.25) is 11.8 Å². The first-order valence-corrected chi connectivity index (χ1v) is 8.05. The first-order valence-electron chi connectivity index (χ1n) is 7.11. The van der Waals surface area contributed by atoms with Crippen LogP contribution in [0.1, 0.15) is 45.2 Å². The minimum atomic E-state index is -0.383. The van der Waals surface area contributed by atoms with E-state index < -0.39 is 0 Å². The Balaban J connectivity index is 2.18. The van der Waals surface area contributed by atoms with E-state index in [1.54, 1.807) is 11.3 Å². The minimum Gasteiger partial charge on any atom is -0.344 e. The molecule has 2 heterocycles. The molecule has 0 radical (unpaired) electrons. The first kappa shape index (κ1) is 15.0. The predicted molar refractivity (Wildman–Crippen MR) is 80.4 cm³/mol. The topological polar surface area (TPSA) is 49.4 Å². The summed E-state index contributed by atoms with van der Waals surface area (Å²) in [6.45, 7) is 6.66. The van der Waals surface area contributed by atoms with Crippen molar-refractivity contribution in [1.29, 1.82) is 0 Å². The van der Waals surface area contributed by atoms with Gasteiger partial charge in [0.25, 0.3) is 0 Å². The Kier molecular flexibility index (Phi) is 4.81. The summed E-state index contributed by atoms with van der Waals surface area (Å²) in [6, 6.07) is 1.68. The van der Waals surface area contributed by atoms with Gasteiger partial charge in [-0.3, -0.25) is 9.59 Å². The average Bonchev–Trinajstić information content (AvgIpc) is 2.86. The van der Waals surface area contributed by atoms with Crippen molar-refractivity contribution >= 4 is 23.2 Å². The second-order valence-corrected chi connectivity index (χ2v) is 6.54. The highest BCUT2D eigenvalue weighted by atomic mass is 32.1. The fraction of sp³-hybridized carbons (Fsp3) is 0.600. The lowest BCUT2D eigenvalue weighted by Gasteiger charge is -2.30. The standard InChI is InChI=1S/C15H22N2O2S/c1-10(2)8-13-15(19)17(6-4-14(18)16-13)11(3)12-5-7-20-9-12/h5,7,9-11,13H,4,6,8H2,1-3H3,(H,16,18). The molecule has 1 aliphatic rings. The molecule has 2 unspecified atom stereocenters. The Bertz CT molecular complexity index is 470. The van der Waals surface area contributed by atoms with Crippen LogP contribution in [0.2, 0.25) is 0 Å². The van der Waals surface area contributed by atoms with Crippen LogP contribution in [-0.4, -0.2) is 29.3 Å². The van der Waals surface area contributed by atoms with Crippen LogP contribution in [0.4, 0.5) is 0 Å². The summed E-state index contributed by atoms with van der Waals surface area (Å²) in [6.07, 6.45) is 1.08. The van der Waals surface area contributed by atoms with Crippen molar-refractivity contribution in [2.24, 2.45) is 5.92 Å². The van der Waals surface area contributed by atoms with Crippen molar-refractivity contribution in [2.45, 2.75) is 45.7 Å². The summed E-state index contributed by atoms with van der Waals surface area (Å²) in [4.78, 5) is 26.3. The fourth-order valence-electron chi connectivity index (χ4n) is 2.57. The zero-order chi connectivity index (χ0) is 14.7. The number of amides is 2. The summed E-state index contributed by atoms with van der Waals surface area (Å²) in [7, 11) is 0. The number of hydrogen-bond acceptors (Lipinski definition) is 3. The largest absolute Gasteiger partial charge is 0.344 e. The smallest absolute Gasteiger partial charge is 0.245 e. The van der Waals surface area contributed by atoms with E-state index >= 15 is 0 Å². The van der Waals surface area contributed by atoms with Crippen molar-refractivity contribution < 1.29 is 9.59 Å². The lowest BCUT2D eigenvalue weighted by molar-refractivity contribution is -0.135. The Morgan fingerprint density at radius 1 is 1.40 bits per heavy atom. The van der Waals surface area contributed by atoms with Crippen molar-refractivity contribution in [2.75, 3.05) is 6.54 Å². The molecule has 0 saturated carbocycles. The molecule has 0 aromatic carbocycles. The Morgan fingerprint density at radius 3 is 2.75 bits per heavy atom. The molecule has 1 aromatic heterocycles. The molecule has 0 spiro atoms. The maximum atomic E-state index is 12.7. The van der Waals surface area contributed by atoms with Crippen LogP contribution >= 0.6 is 11.3 Å². The van der Waals surface area contributed by atoms with E-state index in [0.29, 0.717) is 25.3 Å². The maximum absolute atomic E-state index is 12.7. The molecule has 1 saturated heterocycles. The second-order valence-electron chi connectivity index (χ2n) is 5.76. The highest BCUT2D eigenvalue weighted by Gasteiger charge is 2.33. The molecule has 1 aromatic rings. The van der Waals surface area contributed by atoms with Gasteiger partial charge in [0.05, 0.1) is 6.04 Å². The normalized spacial score (nSPS) is 21.8. The van der Waals surface area contributed by atoms with Crippen LogP contribution in [0.15, 0.2) is 16.8 Å². The molecule has 0 bridgehead atoms. The van der Waals surface area contributed by atoms with Gasteiger partial charge in [0.1, 0.15) is 6.04 Å². The molecule has 2 rings (SSSR count). The SMILES string of the molecule is CC(C)CC1NC(=O)CCN(C(C)c2ccsc2)C1=O. The summed E-state index contributed by atoms with van der Waals surface area (Å²) >= 11 is 1.63. The first-order chi connectivity index (χ1) is 9.49. The zero-order valence-corrected chi connectivity index (χ0v) is 13.1. The Hall–Kier alpha value is -1.36. The second kappa shape index (κ2) is 6.39. The third kappa shape index (κ3) is 3.39. The number of hydrogen-bond donors (Lipinski definition) is 1. The summed E-state index contributed by atoms with van der Waals surface area (Å²) in [5.74, 6) is 0.396. The molecule has 110 valence electrons. The van der Waals surface area contributed by atoms with E-state index in [9.17, 15) is 9.59 Å². The van der Waals surface area contributed by atoms with Gasteiger partial charge >= 0.3 is 0 Å². The molecule has 2 amide bonds. The van der Waals surface area contributed by atoms with Gasteiger partial charge in [-0.05, 0) is 41.7 Å². The highest BCUT2D eigenvalue weighted by molar-refractivity contribution is 7.07. The van der Waals surface area contributed by atoms with Crippen LogP contribution in [0.3, 0.4) is 0 Å². The highest BCUT2D eigenvalue weighted by Crippen LogP contribution is 2.25. The molecule has 1 aliphatic heterocycles. The van der Waals surface area contributed by atoms with Gasteiger partial charge in [-0.1, -0.05) is 13.8 Å². The monoisotopic (exact) mass is 294 g/mol. The van der Waals surface area contributed by atoms with E-state index in [4.69, 9.17) is 0 Å². The molecule has 20 heavy (non-hydrogen) atoms. The van der Waals surface area contributed by atoms with Gasteiger partial charge in [-0.25, -0.2) is 0 Å². The molecular formula is C15H22N2O2S. The number of carbonyl (C=O) groups excluding carboxylic acids is 2. The van der Waals surface area contributed by atoms with Gasteiger partial charge in [0, 0.05) is 13.0 Å². The van der Waals surface area contributed by atoms with Crippen molar-refractivity contribution in [1.82, 2.24) is 10.2 Å². The van der Waals surface area contributed by atoms with Crippen LogP contribution in [0, 0.1) is 5.92 Å². The molecule has 1 fully saturated rings. The average molecular weight is 294 g/mol. The van der Waals surface area contributed by atoms with E-state index in [2.05, 4.69) is 24.5 Å². The third-order valence-corrected chi connectivity index (χ3v) is 4.40. The zero-order valence-electron chi connectivity index (χ0n) is 12.3. The van der Waals surface area contributed by atoms with E-state index in [1.807, 2.05) is 23.3 Å². The lowest BCUT2D eigenvalue weighted by atomic mass is 10.0. The van der Waals surface area contributed by atoms with Crippen molar-refractivity contribution in [3.63, 3.8) is 0 Å². The molecule has 0 aliphatic carbocycles. The summed E-state index contributed by atoms with van der Waals surface area (Å²) in [5, 5.41) is 6.94. The predicted octanol–water partition coefficient (Wildman–Crippen LogP) is 2.57. The quantitative estimate of drug-likeness (QED) is 0.928. The van der Waals surface area contributed by atoms with Gasteiger partial charge in [-0.15, -0.1) is 0 Å².